The van der Waals surface area contributed by atoms with Crippen molar-refractivity contribution in [1.29, 1.82) is 0 Å². The van der Waals surface area contributed by atoms with Crippen molar-refractivity contribution in [1.82, 2.24) is 4.31 Å². The molecule has 0 fully saturated rings. The van der Waals surface area contributed by atoms with Crippen LogP contribution in [0.3, 0.4) is 0 Å². The average Bonchev–Trinajstić information content (AvgIpc) is 2.35. The molecule has 1 rings (SSSR count). The van der Waals surface area contributed by atoms with Crippen molar-refractivity contribution in [2.45, 2.75) is 6.10 Å². The third-order valence-electron chi connectivity index (χ3n) is 2.36. The molecule has 1 aromatic rings. The van der Waals surface area contributed by atoms with Gasteiger partial charge in [-0.05, 0) is 24.3 Å². The summed E-state index contributed by atoms with van der Waals surface area (Å²) in [7, 11) is -1.58. The molecule has 1 aromatic carbocycles. The van der Waals surface area contributed by atoms with Gasteiger partial charge in [0.2, 0.25) is 0 Å². The van der Waals surface area contributed by atoms with Crippen LogP contribution in [0.2, 0.25) is 0 Å². The molecule has 8 heteroatoms. The number of aliphatic hydroxyl groups is 1. The highest BCUT2D eigenvalue weighted by molar-refractivity contribution is 7.83. The first-order chi connectivity index (χ1) is 8.82. The minimum Gasteiger partial charge on any atom is -0.497 e. The quantitative estimate of drug-likeness (QED) is 0.695. The molecule has 2 N–H and O–H groups in total. The Balaban J connectivity index is 2.43. The number of ether oxygens (including phenoxy) is 2. The summed E-state index contributed by atoms with van der Waals surface area (Å²) >= 11 is 0. The summed E-state index contributed by atoms with van der Waals surface area (Å²) in [5, 5.41) is 9.58. The van der Waals surface area contributed by atoms with Crippen molar-refractivity contribution in [3.8, 4) is 11.5 Å². The monoisotopic (exact) mass is 291 g/mol. The largest absolute Gasteiger partial charge is 0.497 e. The topological polar surface area (TPSA) is 96.3 Å². The molecule has 7 nitrogen and oxygen atoms in total. The Morgan fingerprint density at radius 2 is 1.79 bits per heavy atom. The number of benzene rings is 1. The minimum atomic E-state index is -4.29. The number of hydrogen-bond donors (Lipinski definition) is 2. The first-order valence-corrected chi connectivity index (χ1v) is 6.86. The molecule has 1 unspecified atom stereocenters. The fraction of sp³-hybridized carbons (Fsp3) is 0.455. The highest BCUT2D eigenvalue weighted by Crippen LogP contribution is 2.17. The third-order valence-corrected chi connectivity index (χ3v) is 3.30. The van der Waals surface area contributed by atoms with Crippen LogP contribution in [0, 0.1) is 0 Å². The molecule has 0 spiro atoms. The van der Waals surface area contributed by atoms with E-state index in [1.165, 1.54) is 0 Å². The van der Waals surface area contributed by atoms with Crippen molar-refractivity contribution >= 4 is 10.3 Å². The standard InChI is InChI=1S/C11H17NO6S/c1-12(19(14,15)16)7-9(13)8-18-11-5-3-10(17-2)4-6-11/h3-6,9,13H,7-8H2,1-2H3,(H,14,15,16). The second kappa shape index (κ2) is 6.71. The summed E-state index contributed by atoms with van der Waals surface area (Å²) in [5.41, 5.74) is 0. The molecule has 0 saturated carbocycles. The van der Waals surface area contributed by atoms with Gasteiger partial charge in [-0.3, -0.25) is 4.55 Å². The van der Waals surface area contributed by atoms with E-state index in [0.717, 1.165) is 7.05 Å². The Kier molecular flexibility index (Phi) is 5.55. The molecular formula is C11H17NO6S. The summed E-state index contributed by atoms with van der Waals surface area (Å²) in [5.74, 6) is 1.20. The van der Waals surface area contributed by atoms with Crippen LogP contribution >= 0.6 is 0 Å². The molecule has 0 aromatic heterocycles. The molecule has 0 aliphatic heterocycles. The smallest absolute Gasteiger partial charge is 0.335 e. The predicted molar refractivity (Wildman–Crippen MR) is 68.7 cm³/mol. The van der Waals surface area contributed by atoms with E-state index in [0.29, 0.717) is 15.8 Å². The van der Waals surface area contributed by atoms with Gasteiger partial charge in [0.15, 0.2) is 0 Å². The van der Waals surface area contributed by atoms with E-state index in [-0.39, 0.29) is 13.2 Å². The highest BCUT2D eigenvalue weighted by atomic mass is 32.2. The Morgan fingerprint density at radius 1 is 1.26 bits per heavy atom. The van der Waals surface area contributed by atoms with Gasteiger partial charge in [0.1, 0.15) is 24.2 Å². The fourth-order valence-corrected chi connectivity index (χ4v) is 1.67. The maximum Gasteiger partial charge on any atom is 0.335 e. The summed E-state index contributed by atoms with van der Waals surface area (Å²) in [6, 6.07) is 6.73. The number of hydrogen-bond acceptors (Lipinski definition) is 5. The van der Waals surface area contributed by atoms with Crippen LogP contribution in [0.4, 0.5) is 0 Å². The van der Waals surface area contributed by atoms with Crippen LogP contribution in [0.5, 0.6) is 11.5 Å². The minimum absolute atomic E-state index is 0.0911. The SMILES string of the molecule is COc1ccc(OCC(O)CN(C)S(=O)(=O)O)cc1. The van der Waals surface area contributed by atoms with Crippen molar-refractivity contribution in [3.63, 3.8) is 0 Å². The zero-order valence-corrected chi connectivity index (χ0v) is 11.5. The lowest BCUT2D eigenvalue weighted by Crippen LogP contribution is -2.36. The van der Waals surface area contributed by atoms with E-state index >= 15 is 0 Å². The van der Waals surface area contributed by atoms with Crippen molar-refractivity contribution in [2.75, 3.05) is 27.3 Å². The van der Waals surface area contributed by atoms with Gasteiger partial charge < -0.3 is 14.6 Å². The maximum absolute atomic E-state index is 10.7. The van der Waals surface area contributed by atoms with Crippen LogP contribution in [-0.2, 0) is 10.3 Å². The van der Waals surface area contributed by atoms with E-state index in [2.05, 4.69) is 0 Å². The number of likely N-dealkylation sites (N-methyl/N-ethyl adjacent to an activating group) is 1. The van der Waals surface area contributed by atoms with E-state index in [9.17, 15) is 13.5 Å². The van der Waals surface area contributed by atoms with Gasteiger partial charge in [0.25, 0.3) is 0 Å². The zero-order valence-electron chi connectivity index (χ0n) is 10.7. The van der Waals surface area contributed by atoms with Gasteiger partial charge >= 0.3 is 10.3 Å². The number of aliphatic hydroxyl groups excluding tert-OH is 1. The molecule has 0 amide bonds. The van der Waals surface area contributed by atoms with Gasteiger partial charge in [0.05, 0.1) is 7.11 Å². The Hall–Kier alpha value is -1.35. The Morgan fingerprint density at radius 3 is 2.26 bits per heavy atom. The molecule has 0 aliphatic rings. The van der Waals surface area contributed by atoms with Gasteiger partial charge in [-0.25, -0.2) is 0 Å². The first-order valence-electron chi connectivity index (χ1n) is 5.46. The van der Waals surface area contributed by atoms with E-state index in [1.54, 1.807) is 31.4 Å². The van der Waals surface area contributed by atoms with E-state index < -0.39 is 16.4 Å². The van der Waals surface area contributed by atoms with Gasteiger partial charge in [-0.1, -0.05) is 0 Å². The van der Waals surface area contributed by atoms with Gasteiger partial charge in [-0.15, -0.1) is 0 Å². The molecule has 108 valence electrons. The summed E-state index contributed by atoms with van der Waals surface area (Å²) < 4.78 is 41.0. The van der Waals surface area contributed by atoms with Gasteiger partial charge in [0, 0.05) is 13.6 Å². The van der Waals surface area contributed by atoms with Crippen molar-refractivity contribution in [3.05, 3.63) is 24.3 Å². The molecule has 0 aliphatic carbocycles. The van der Waals surface area contributed by atoms with Crippen LogP contribution in [0.1, 0.15) is 0 Å². The lowest BCUT2D eigenvalue weighted by Gasteiger charge is -2.17. The second-order valence-corrected chi connectivity index (χ2v) is 5.42. The fourth-order valence-electron chi connectivity index (χ4n) is 1.31. The third kappa shape index (κ3) is 5.43. The normalized spacial score (nSPS) is 13.3. The summed E-state index contributed by atoms with van der Waals surface area (Å²) in [4.78, 5) is 0. The summed E-state index contributed by atoms with van der Waals surface area (Å²) in [6.45, 7) is -0.346. The first kappa shape index (κ1) is 15.7. The molecule has 0 radical (unpaired) electrons. The van der Waals surface area contributed by atoms with Crippen molar-refractivity contribution < 1.29 is 27.6 Å². The lowest BCUT2D eigenvalue weighted by molar-refractivity contribution is 0.0918. The predicted octanol–water partition coefficient (Wildman–Crippen LogP) is 0.169. The van der Waals surface area contributed by atoms with E-state index in [4.69, 9.17) is 14.0 Å². The molecule has 0 bridgehead atoms. The zero-order chi connectivity index (χ0) is 14.5. The highest BCUT2D eigenvalue weighted by Gasteiger charge is 2.18. The Bertz CT molecular complexity index is 486. The molecule has 1 atom stereocenters. The van der Waals surface area contributed by atoms with Crippen molar-refractivity contribution in [2.24, 2.45) is 0 Å². The molecule has 0 heterocycles. The van der Waals surface area contributed by atoms with Crippen LogP contribution in [0.15, 0.2) is 24.3 Å². The Labute approximate surface area is 112 Å². The van der Waals surface area contributed by atoms with Gasteiger partial charge in [-0.2, -0.15) is 12.7 Å². The number of methoxy groups -OCH3 is 1. The lowest BCUT2D eigenvalue weighted by atomic mass is 10.3. The summed E-state index contributed by atoms with van der Waals surface area (Å²) in [6.07, 6.45) is -1.05. The molecule has 0 saturated heterocycles. The maximum atomic E-state index is 10.7. The number of rotatable bonds is 7. The van der Waals surface area contributed by atoms with Crippen LogP contribution < -0.4 is 9.47 Å². The van der Waals surface area contributed by atoms with E-state index in [1.807, 2.05) is 0 Å². The second-order valence-electron chi connectivity index (χ2n) is 3.90. The number of nitrogens with zero attached hydrogens (tertiary/aromatic N) is 1. The van der Waals surface area contributed by atoms with Crippen LogP contribution in [0.25, 0.3) is 0 Å². The molecule has 19 heavy (non-hydrogen) atoms. The molecular weight excluding hydrogens is 274 g/mol. The van der Waals surface area contributed by atoms with Crippen LogP contribution in [-0.4, -0.2) is 55.8 Å². The average molecular weight is 291 g/mol.